The van der Waals surface area contributed by atoms with Gasteiger partial charge in [0.25, 0.3) is 6.29 Å². The Labute approximate surface area is 553 Å². The summed E-state index contributed by atoms with van der Waals surface area (Å²) in [5.74, 6) is -1.98. The van der Waals surface area contributed by atoms with Crippen LogP contribution in [-0.2, 0) is 33.3 Å². The second kappa shape index (κ2) is 71.1. The zero-order chi connectivity index (χ0) is 64.7. The molecule has 522 valence electrons. The lowest BCUT2D eigenvalue weighted by molar-refractivity contribution is -0.870. The van der Waals surface area contributed by atoms with Crippen molar-refractivity contribution in [3.05, 3.63) is 48.6 Å². The predicted molar refractivity (Wildman–Crippen MR) is 383 cm³/mol. The van der Waals surface area contributed by atoms with E-state index in [4.69, 9.17) is 18.9 Å². The summed E-state index contributed by atoms with van der Waals surface area (Å²) in [6.07, 6.45) is 89.8. The van der Waals surface area contributed by atoms with E-state index in [1.54, 1.807) is 0 Å². The molecule has 0 aliphatic carbocycles. The minimum atomic E-state index is -1.51. The predicted octanol–water partition coefficient (Wildman–Crippen LogP) is 24.5. The Morgan fingerprint density at radius 3 is 0.955 bits per heavy atom. The molecule has 0 fully saturated rings. The molecule has 0 saturated heterocycles. The molecule has 0 radical (unpaired) electrons. The number of carbonyl (C=O) groups excluding carboxylic acids is 2. The lowest BCUT2D eigenvalue weighted by Crippen LogP contribution is -2.40. The van der Waals surface area contributed by atoms with Crippen LogP contribution in [0.4, 0.5) is 0 Å². The van der Waals surface area contributed by atoms with Crippen molar-refractivity contribution in [2.45, 2.75) is 399 Å². The molecule has 0 aliphatic heterocycles. The van der Waals surface area contributed by atoms with Crippen molar-refractivity contribution in [3.63, 3.8) is 0 Å². The number of hydrogen-bond acceptors (Lipinski definition) is 7. The van der Waals surface area contributed by atoms with E-state index in [9.17, 15) is 19.5 Å². The van der Waals surface area contributed by atoms with Gasteiger partial charge in [0.15, 0.2) is 6.10 Å². The lowest BCUT2D eigenvalue weighted by Gasteiger charge is -2.25. The molecular formula is C80H150NO8+. The van der Waals surface area contributed by atoms with Crippen LogP contribution in [0, 0.1) is 0 Å². The fourth-order valence-electron chi connectivity index (χ4n) is 11.7. The van der Waals surface area contributed by atoms with Gasteiger partial charge >= 0.3 is 17.9 Å². The van der Waals surface area contributed by atoms with Crippen molar-refractivity contribution in [3.8, 4) is 0 Å². The Balaban J connectivity index is 3.98. The van der Waals surface area contributed by atoms with Crippen molar-refractivity contribution in [1.29, 1.82) is 0 Å². The summed E-state index contributed by atoms with van der Waals surface area (Å²) < 4.78 is 23.0. The molecule has 0 spiro atoms. The summed E-state index contributed by atoms with van der Waals surface area (Å²) in [6.45, 7) is 4.84. The Morgan fingerprint density at radius 1 is 0.348 bits per heavy atom. The maximum absolute atomic E-state index is 13.0. The second-order valence-electron chi connectivity index (χ2n) is 27.7. The van der Waals surface area contributed by atoms with Gasteiger partial charge in [-0.05, 0) is 51.4 Å². The molecule has 0 rings (SSSR count). The van der Waals surface area contributed by atoms with Gasteiger partial charge in [-0.1, -0.05) is 371 Å². The topological polar surface area (TPSA) is 108 Å². The fourth-order valence-corrected chi connectivity index (χ4v) is 11.7. The van der Waals surface area contributed by atoms with E-state index >= 15 is 0 Å². The third-order valence-corrected chi connectivity index (χ3v) is 17.6. The molecule has 2 atom stereocenters. The summed E-state index contributed by atoms with van der Waals surface area (Å²) in [5, 5.41) is 9.76. The molecule has 0 aromatic rings. The number of ether oxygens (including phenoxy) is 4. The SMILES string of the molecule is CC/C=C\C/C=C\C/C=C\C/C=C\CCCCCCCCCCCCCCCCCCC(=O)OC(COC(=O)CCCCCCCCCCCCCCCCCCCCCCCCCCCCCCCCCCCCC)COC(OCC[N+](C)(C)C)C(=O)O. The van der Waals surface area contributed by atoms with E-state index < -0.39 is 18.4 Å². The highest BCUT2D eigenvalue weighted by Gasteiger charge is 2.25. The average molecular weight is 1250 g/mol. The number of hydrogen-bond donors (Lipinski definition) is 1. The maximum Gasteiger partial charge on any atom is 0.361 e. The molecule has 0 aromatic heterocycles. The van der Waals surface area contributed by atoms with Crippen molar-refractivity contribution in [1.82, 2.24) is 0 Å². The quantitative estimate of drug-likeness (QED) is 0.0211. The van der Waals surface area contributed by atoms with Gasteiger partial charge in [0.05, 0.1) is 34.4 Å². The number of esters is 2. The normalized spacial score (nSPS) is 12.9. The number of carboxylic acid groups (broad SMARTS) is 1. The number of rotatable bonds is 73. The Bertz CT molecular complexity index is 1600. The molecule has 0 amide bonds. The van der Waals surface area contributed by atoms with Crippen LogP contribution in [-0.4, -0.2) is 87.4 Å². The summed E-state index contributed by atoms with van der Waals surface area (Å²) in [6, 6.07) is 0. The minimum absolute atomic E-state index is 0.177. The van der Waals surface area contributed by atoms with Crippen molar-refractivity contribution >= 4 is 17.9 Å². The molecule has 0 aromatic carbocycles. The summed E-state index contributed by atoms with van der Waals surface area (Å²) >= 11 is 0. The molecule has 0 saturated carbocycles. The first-order valence-electron chi connectivity index (χ1n) is 38.8. The summed E-state index contributed by atoms with van der Waals surface area (Å²) in [5.41, 5.74) is 0. The second-order valence-corrected chi connectivity index (χ2v) is 27.7. The van der Waals surface area contributed by atoms with Crippen LogP contribution >= 0.6 is 0 Å². The van der Waals surface area contributed by atoms with E-state index in [0.29, 0.717) is 17.4 Å². The molecule has 89 heavy (non-hydrogen) atoms. The molecule has 0 aliphatic rings. The smallest absolute Gasteiger partial charge is 0.361 e. The van der Waals surface area contributed by atoms with Gasteiger partial charge in [0, 0.05) is 12.8 Å². The molecule has 9 heteroatoms. The highest BCUT2D eigenvalue weighted by molar-refractivity contribution is 5.71. The Morgan fingerprint density at radius 2 is 0.640 bits per heavy atom. The number of carboxylic acids is 1. The van der Waals surface area contributed by atoms with E-state index in [2.05, 4.69) is 62.5 Å². The van der Waals surface area contributed by atoms with Gasteiger partial charge in [0.2, 0.25) is 0 Å². The molecule has 0 bridgehead atoms. The number of aliphatic carboxylic acids is 1. The van der Waals surface area contributed by atoms with Gasteiger partial charge < -0.3 is 28.5 Å². The molecule has 9 nitrogen and oxygen atoms in total. The molecule has 1 N–H and O–H groups in total. The van der Waals surface area contributed by atoms with Crippen LogP contribution in [0.2, 0.25) is 0 Å². The van der Waals surface area contributed by atoms with Gasteiger partial charge in [-0.3, -0.25) is 9.59 Å². The lowest BCUT2D eigenvalue weighted by atomic mass is 10.0. The summed E-state index contributed by atoms with van der Waals surface area (Å²) in [7, 11) is 5.99. The molecule has 2 unspecified atom stereocenters. The van der Waals surface area contributed by atoms with Gasteiger partial charge in [-0.2, -0.15) is 0 Å². The summed E-state index contributed by atoms with van der Waals surface area (Å²) in [4.78, 5) is 37.7. The van der Waals surface area contributed by atoms with Crippen LogP contribution in [0.25, 0.3) is 0 Å². The fraction of sp³-hybridized carbons (Fsp3) is 0.863. The van der Waals surface area contributed by atoms with Crippen LogP contribution in [0.3, 0.4) is 0 Å². The van der Waals surface area contributed by atoms with E-state index in [1.807, 2.05) is 21.1 Å². The number of allylic oxidation sites excluding steroid dienone is 8. The monoisotopic (exact) mass is 1250 g/mol. The highest BCUT2D eigenvalue weighted by atomic mass is 16.7. The zero-order valence-electron chi connectivity index (χ0n) is 59.9. The van der Waals surface area contributed by atoms with Crippen molar-refractivity contribution in [2.75, 3.05) is 47.5 Å². The number of likely N-dealkylation sites (N-methyl/N-ethyl adjacent to an activating group) is 1. The number of carbonyl (C=O) groups is 3. The van der Waals surface area contributed by atoms with Gasteiger partial charge in [0.1, 0.15) is 13.2 Å². The third kappa shape index (κ3) is 72.5. The highest BCUT2D eigenvalue weighted by Crippen LogP contribution is 2.20. The third-order valence-electron chi connectivity index (χ3n) is 17.6. The number of quaternary nitrogens is 1. The molecule has 0 heterocycles. The van der Waals surface area contributed by atoms with Gasteiger partial charge in [-0.15, -0.1) is 0 Å². The first-order valence-corrected chi connectivity index (χ1v) is 38.8. The number of unbranched alkanes of at least 4 members (excludes halogenated alkanes) is 50. The average Bonchev–Trinajstić information content (AvgIpc) is 3.71. The van der Waals surface area contributed by atoms with E-state index in [-0.39, 0.29) is 38.2 Å². The number of nitrogens with zero attached hydrogens (tertiary/aromatic N) is 1. The van der Waals surface area contributed by atoms with E-state index in [1.165, 1.54) is 295 Å². The minimum Gasteiger partial charge on any atom is -0.477 e. The van der Waals surface area contributed by atoms with Gasteiger partial charge in [-0.25, -0.2) is 4.79 Å². The van der Waals surface area contributed by atoms with E-state index in [0.717, 1.165) is 64.2 Å². The van der Waals surface area contributed by atoms with Crippen molar-refractivity contribution < 1.29 is 42.9 Å². The Kier molecular flexibility index (Phi) is 68.9. The maximum atomic E-state index is 13.0. The zero-order valence-corrected chi connectivity index (χ0v) is 59.9. The first-order chi connectivity index (χ1) is 43.6. The van der Waals surface area contributed by atoms with Crippen LogP contribution in [0.1, 0.15) is 386 Å². The van der Waals surface area contributed by atoms with Crippen LogP contribution in [0.5, 0.6) is 0 Å². The first kappa shape index (κ1) is 86.2. The van der Waals surface area contributed by atoms with Crippen LogP contribution < -0.4 is 0 Å². The standard InChI is InChI=1S/C80H149NO8/c1-6-8-10-12-14-16-18-20-22-24-26-28-30-32-34-36-37-38-39-40-41-43-44-46-48-50-52-54-56-58-60-62-64-66-68-70-77(82)87-74-76(75-88-80(79(84)85)86-73-72-81(3,4)5)89-78(83)71-69-67-65-63-61-59-57-55-53-51-49-47-45-42-35-33-31-29-27-25-23-21-19-17-15-13-11-9-7-2/h9,11,15,17,21,23,27,29,76,80H,6-8,10,12-14,16,18-20,22,24-26,28,30-75H2,1-5H3/p+1/b11-9-,17-15-,23-21-,29-27-. The van der Waals surface area contributed by atoms with Crippen molar-refractivity contribution in [2.24, 2.45) is 0 Å². The van der Waals surface area contributed by atoms with Crippen LogP contribution in [0.15, 0.2) is 48.6 Å². The Hall–Kier alpha value is -2.75. The largest absolute Gasteiger partial charge is 0.477 e. The molecular weight excluding hydrogens is 1100 g/mol.